The SMILES string of the molecule is COc1ccc2cc(CNC(=O)C3CCN(S(=O)(=O)c4ccc(F)c(Cl)c4)CC3)ccc2c1. The largest absolute Gasteiger partial charge is 0.497 e. The van der Waals surface area contributed by atoms with Gasteiger partial charge in [0.05, 0.1) is 17.0 Å². The molecule has 3 aromatic carbocycles. The van der Waals surface area contributed by atoms with Crippen LogP contribution in [0.4, 0.5) is 4.39 Å². The van der Waals surface area contributed by atoms with E-state index in [2.05, 4.69) is 5.32 Å². The van der Waals surface area contributed by atoms with Crippen LogP contribution in [0.5, 0.6) is 5.75 Å². The van der Waals surface area contributed by atoms with Gasteiger partial charge in [0.25, 0.3) is 0 Å². The number of amides is 1. The third-order valence-corrected chi connectivity index (χ3v) is 8.12. The van der Waals surface area contributed by atoms with Crippen molar-refractivity contribution in [3.8, 4) is 5.75 Å². The molecule has 0 saturated carbocycles. The van der Waals surface area contributed by atoms with Crippen molar-refractivity contribution in [2.75, 3.05) is 20.2 Å². The van der Waals surface area contributed by atoms with Crippen molar-refractivity contribution >= 4 is 38.3 Å². The van der Waals surface area contributed by atoms with Gasteiger partial charge in [0.2, 0.25) is 15.9 Å². The smallest absolute Gasteiger partial charge is 0.243 e. The molecule has 1 aliphatic rings. The molecule has 33 heavy (non-hydrogen) atoms. The van der Waals surface area contributed by atoms with Crippen LogP contribution in [0.1, 0.15) is 18.4 Å². The van der Waals surface area contributed by atoms with E-state index in [4.69, 9.17) is 16.3 Å². The number of benzene rings is 3. The molecule has 1 fully saturated rings. The number of halogens is 2. The summed E-state index contributed by atoms with van der Waals surface area (Å²) in [6, 6.07) is 15.2. The first kappa shape index (κ1) is 23.5. The summed E-state index contributed by atoms with van der Waals surface area (Å²) in [5.41, 5.74) is 0.981. The van der Waals surface area contributed by atoms with Crippen LogP contribution in [0.2, 0.25) is 5.02 Å². The highest BCUT2D eigenvalue weighted by Gasteiger charge is 2.32. The van der Waals surface area contributed by atoms with Crippen LogP contribution in [-0.4, -0.2) is 38.8 Å². The van der Waals surface area contributed by atoms with Gasteiger partial charge in [-0.05, 0) is 65.6 Å². The van der Waals surface area contributed by atoms with Crippen molar-refractivity contribution in [3.05, 3.63) is 71.0 Å². The van der Waals surface area contributed by atoms with E-state index in [0.717, 1.165) is 34.2 Å². The highest BCUT2D eigenvalue weighted by molar-refractivity contribution is 7.89. The molecule has 0 unspecified atom stereocenters. The summed E-state index contributed by atoms with van der Waals surface area (Å²) in [4.78, 5) is 12.6. The Hall–Kier alpha value is -2.68. The highest BCUT2D eigenvalue weighted by Crippen LogP contribution is 2.27. The quantitative estimate of drug-likeness (QED) is 0.557. The molecular formula is C24H24ClFN2O4S. The number of rotatable bonds is 6. The number of hydrogen-bond acceptors (Lipinski definition) is 4. The van der Waals surface area contributed by atoms with Crippen LogP contribution >= 0.6 is 11.6 Å². The lowest BCUT2D eigenvalue weighted by atomic mass is 9.97. The number of ether oxygens (including phenoxy) is 1. The molecule has 6 nitrogen and oxygen atoms in total. The lowest BCUT2D eigenvalue weighted by Crippen LogP contribution is -2.42. The van der Waals surface area contributed by atoms with Gasteiger partial charge in [-0.15, -0.1) is 0 Å². The van der Waals surface area contributed by atoms with Crippen LogP contribution in [0.25, 0.3) is 10.8 Å². The van der Waals surface area contributed by atoms with Crippen molar-refractivity contribution in [1.29, 1.82) is 0 Å². The highest BCUT2D eigenvalue weighted by atomic mass is 35.5. The molecule has 1 aliphatic heterocycles. The monoisotopic (exact) mass is 490 g/mol. The zero-order valence-corrected chi connectivity index (χ0v) is 19.6. The normalized spacial score (nSPS) is 15.5. The fourth-order valence-corrected chi connectivity index (χ4v) is 5.73. The number of sulfonamides is 1. The fourth-order valence-electron chi connectivity index (χ4n) is 3.99. The molecule has 9 heteroatoms. The minimum absolute atomic E-state index is 0.0503. The summed E-state index contributed by atoms with van der Waals surface area (Å²) < 4.78 is 45.6. The number of fused-ring (bicyclic) bond motifs is 1. The Morgan fingerprint density at radius 3 is 2.48 bits per heavy atom. The van der Waals surface area contributed by atoms with Gasteiger partial charge in [0.15, 0.2) is 0 Å². The van der Waals surface area contributed by atoms with E-state index in [1.54, 1.807) is 7.11 Å². The van der Waals surface area contributed by atoms with Gasteiger partial charge >= 0.3 is 0 Å². The molecule has 1 N–H and O–H groups in total. The van der Waals surface area contributed by atoms with Crippen LogP contribution in [0, 0.1) is 11.7 Å². The predicted octanol–water partition coefficient (Wildman–Crippen LogP) is 4.36. The van der Waals surface area contributed by atoms with Crippen molar-refractivity contribution in [2.45, 2.75) is 24.3 Å². The van der Waals surface area contributed by atoms with E-state index in [0.29, 0.717) is 19.4 Å². The van der Waals surface area contributed by atoms with Crippen LogP contribution in [0.15, 0.2) is 59.5 Å². The van der Waals surface area contributed by atoms with Gasteiger partial charge in [-0.3, -0.25) is 4.79 Å². The second-order valence-electron chi connectivity index (χ2n) is 8.02. The van der Waals surface area contributed by atoms with Gasteiger partial charge in [0, 0.05) is 25.6 Å². The minimum atomic E-state index is -3.79. The molecule has 4 rings (SSSR count). The third kappa shape index (κ3) is 5.13. The summed E-state index contributed by atoms with van der Waals surface area (Å²) in [6.07, 6.45) is 0.828. The maximum Gasteiger partial charge on any atom is 0.243 e. The first-order chi connectivity index (χ1) is 15.8. The Labute approximate surface area is 197 Å². The summed E-state index contributed by atoms with van der Waals surface area (Å²) in [6.45, 7) is 0.827. The molecule has 0 aliphatic carbocycles. The van der Waals surface area contributed by atoms with Gasteiger partial charge in [-0.2, -0.15) is 4.31 Å². The Bertz CT molecular complexity index is 1290. The van der Waals surface area contributed by atoms with E-state index in [-0.39, 0.29) is 34.8 Å². The molecule has 0 atom stereocenters. The molecule has 0 radical (unpaired) electrons. The molecule has 0 bridgehead atoms. The second-order valence-corrected chi connectivity index (χ2v) is 10.4. The number of hydrogen-bond donors (Lipinski definition) is 1. The maximum atomic E-state index is 13.4. The Kier molecular flexibility index (Phi) is 6.88. The lowest BCUT2D eigenvalue weighted by Gasteiger charge is -2.30. The van der Waals surface area contributed by atoms with Crippen LogP contribution in [-0.2, 0) is 21.4 Å². The molecule has 174 valence electrons. The first-order valence-electron chi connectivity index (χ1n) is 10.6. The number of nitrogens with one attached hydrogen (secondary N) is 1. The number of methoxy groups -OCH3 is 1. The van der Waals surface area contributed by atoms with E-state index in [1.807, 2.05) is 36.4 Å². The van der Waals surface area contributed by atoms with Crippen molar-refractivity contribution in [3.63, 3.8) is 0 Å². The lowest BCUT2D eigenvalue weighted by molar-refractivity contribution is -0.126. The van der Waals surface area contributed by atoms with E-state index >= 15 is 0 Å². The van der Waals surface area contributed by atoms with E-state index < -0.39 is 15.8 Å². The van der Waals surface area contributed by atoms with Crippen LogP contribution in [0.3, 0.4) is 0 Å². The standard InChI is InChI=1S/C24H24ClFN2O4S/c1-32-20-5-4-18-12-16(2-3-19(18)13-20)15-27-24(29)17-8-10-28(11-9-17)33(30,31)21-6-7-23(26)22(25)14-21/h2-7,12-14,17H,8-11,15H2,1H3,(H,27,29). The average Bonchev–Trinajstić information content (AvgIpc) is 2.83. The van der Waals surface area contributed by atoms with Gasteiger partial charge in [0.1, 0.15) is 11.6 Å². The number of nitrogens with zero attached hydrogens (tertiary/aromatic N) is 1. The number of carbonyl (C=O) groups is 1. The number of carbonyl (C=O) groups excluding carboxylic acids is 1. The molecule has 0 spiro atoms. The van der Waals surface area contributed by atoms with Gasteiger partial charge in [-0.1, -0.05) is 29.8 Å². The zero-order chi connectivity index (χ0) is 23.6. The van der Waals surface area contributed by atoms with E-state index in [9.17, 15) is 17.6 Å². The third-order valence-electron chi connectivity index (χ3n) is 5.93. The van der Waals surface area contributed by atoms with Gasteiger partial charge in [-0.25, -0.2) is 12.8 Å². The average molecular weight is 491 g/mol. The summed E-state index contributed by atoms with van der Waals surface area (Å²) in [5.74, 6) is -0.235. The van der Waals surface area contributed by atoms with Crippen molar-refractivity contribution in [2.24, 2.45) is 5.92 Å². The summed E-state index contributed by atoms with van der Waals surface area (Å²) in [7, 11) is -2.16. The van der Waals surface area contributed by atoms with E-state index in [1.165, 1.54) is 10.4 Å². The summed E-state index contributed by atoms with van der Waals surface area (Å²) in [5, 5.41) is 4.84. The first-order valence-corrected chi connectivity index (χ1v) is 12.4. The Morgan fingerprint density at radius 1 is 1.09 bits per heavy atom. The second kappa shape index (κ2) is 9.67. The molecule has 0 aromatic heterocycles. The van der Waals surface area contributed by atoms with Crippen LogP contribution < -0.4 is 10.1 Å². The molecule has 1 saturated heterocycles. The Balaban J connectivity index is 1.33. The summed E-state index contributed by atoms with van der Waals surface area (Å²) >= 11 is 5.74. The fraction of sp³-hybridized carbons (Fsp3) is 0.292. The molecule has 1 amide bonds. The topological polar surface area (TPSA) is 75.7 Å². The minimum Gasteiger partial charge on any atom is -0.497 e. The zero-order valence-electron chi connectivity index (χ0n) is 18.1. The molecule has 3 aromatic rings. The molecular weight excluding hydrogens is 467 g/mol. The predicted molar refractivity (Wildman–Crippen MR) is 125 cm³/mol. The molecule has 1 heterocycles. The van der Waals surface area contributed by atoms with Crippen molar-refractivity contribution in [1.82, 2.24) is 9.62 Å². The van der Waals surface area contributed by atoms with Crippen molar-refractivity contribution < 1.29 is 22.3 Å². The maximum absolute atomic E-state index is 13.4. The van der Waals surface area contributed by atoms with Gasteiger partial charge < -0.3 is 10.1 Å². The Morgan fingerprint density at radius 2 is 1.79 bits per heavy atom. The number of piperidine rings is 1.